The third-order valence-corrected chi connectivity index (χ3v) is 3.79. The lowest BCUT2D eigenvalue weighted by molar-refractivity contribution is 0.224. The second-order valence-electron chi connectivity index (χ2n) is 5.02. The zero-order valence-corrected chi connectivity index (χ0v) is 14.4. The number of carbonyl (C=O) groups excluding carboxylic acids is 1. The van der Waals surface area contributed by atoms with E-state index in [0.29, 0.717) is 0 Å². The Kier molecular flexibility index (Phi) is 5.33. The van der Waals surface area contributed by atoms with Gasteiger partial charge in [-0.2, -0.15) is 5.10 Å². The van der Waals surface area contributed by atoms with Crippen LogP contribution in [0.25, 0.3) is 0 Å². The standard InChI is InChI=1S/C17H18BrN3O/c1-12-5-4-6-13(2)16(12)20-17(22)21(3)19-11-14-7-9-15(18)10-8-14/h4-11H,1-3H3,(H,20,22)/b19-11+. The summed E-state index contributed by atoms with van der Waals surface area (Å²) in [6.07, 6.45) is 1.65. The van der Waals surface area contributed by atoms with E-state index in [1.807, 2.05) is 56.3 Å². The Morgan fingerprint density at radius 3 is 2.32 bits per heavy atom. The summed E-state index contributed by atoms with van der Waals surface area (Å²) < 4.78 is 1.01. The van der Waals surface area contributed by atoms with Crippen molar-refractivity contribution in [3.8, 4) is 0 Å². The number of benzene rings is 2. The van der Waals surface area contributed by atoms with Crippen molar-refractivity contribution in [3.05, 3.63) is 63.6 Å². The number of amides is 2. The summed E-state index contributed by atoms with van der Waals surface area (Å²) in [5.41, 5.74) is 3.81. The highest BCUT2D eigenvalue weighted by molar-refractivity contribution is 9.10. The zero-order valence-electron chi connectivity index (χ0n) is 12.8. The Balaban J connectivity index is 2.04. The maximum Gasteiger partial charge on any atom is 0.341 e. The third kappa shape index (κ3) is 4.18. The molecular weight excluding hydrogens is 342 g/mol. The van der Waals surface area contributed by atoms with E-state index < -0.39 is 0 Å². The molecular formula is C17H18BrN3O. The SMILES string of the molecule is Cc1cccc(C)c1NC(=O)N(C)/N=C/c1ccc(Br)cc1. The highest BCUT2D eigenvalue weighted by atomic mass is 79.9. The first-order chi connectivity index (χ1) is 10.5. The van der Waals surface area contributed by atoms with Gasteiger partial charge in [0.2, 0.25) is 0 Å². The molecule has 2 aromatic rings. The van der Waals surface area contributed by atoms with Crippen molar-refractivity contribution in [2.75, 3.05) is 12.4 Å². The van der Waals surface area contributed by atoms with E-state index >= 15 is 0 Å². The Hall–Kier alpha value is -2.14. The molecule has 1 N–H and O–H groups in total. The molecule has 5 heteroatoms. The predicted octanol–water partition coefficient (Wildman–Crippen LogP) is 4.56. The van der Waals surface area contributed by atoms with Crippen LogP contribution >= 0.6 is 15.9 Å². The second kappa shape index (κ2) is 7.22. The number of nitrogens with zero attached hydrogens (tertiary/aromatic N) is 2. The summed E-state index contributed by atoms with van der Waals surface area (Å²) >= 11 is 3.38. The minimum Gasteiger partial charge on any atom is -0.306 e. The zero-order chi connectivity index (χ0) is 16.1. The van der Waals surface area contributed by atoms with E-state index in [1.165, 1.54) is 5.01 Å². The molecule has 0 saturated carbocycles. The number of carbonyl (C=O) groups is 1. The van der Waals surface area contributed by atoms with Crippen molar-refractivity contribution in [1.82, 2.24) is 5.01 Å². The molecule has 0 heterocycles. The molecule has 0 aliphatic rings. The molecule has 0 spiro atoms. The van der Waals surface area contributed by atoms with Crippen molar-refractivity contribution >= 4 is 33.9 Å². The molecule has 114 valence electrons. The molecule has 0 fully saturated rings. The van der Waals surface area contributed by atoms with Crippen molar-refractivity contribution in [2.24, 2.45) is 5.10 Å². The van der Waals surface area contributed by atoms with Gasteiger partial charge in [0.15, 0.2) is 0 Å². The number of hydrazone groups is 1. The van der Waals surface area contributed by atoms with Crippen LogP contribution in [-0.4, -0.2) is 24.3 Å². The number of aryl methyl sites for hydroxylation is 2. The average molecular weight is 360 g/mol. The number of hydrogen-bond acceptors (Lipinski definition) is 2. The van der Waals surface area contributed by atoms with Crippen LogP contribution in [-0.2, 0) is 0 Å². The molecule has 2 rings (SSSR count). The topological polar surface area (TPSA) is 44.7 Å². The van der Waals surface area contributed by atoms with Crippen LogP contribution in [0.15, 0.2) is 52.0 Å². The Morgan fingerprint density at radius 1 is 1.14 bits per heavy atom. The van der Waals surface area contributed by atoms with E-state index in [0.717, 1.165) is 26.9 Å². The predicted molar refractivity (Wildman–Crippen MR) is 94.4 cm³/mol. The third-order valence-electron chi connectivity index (χ3n) is 3.26. The maximum atomic E-state index is 12.2. The molecule has 0 aliphatic heterocycles. The van der Waals surface area contributed by atoms with Crippen LogP contribution in [0.4, 0.5) is 10.5 Å². The van der Waals surface area contributed by atoms with E-state index in [9.17, 15) is 4.79 Å². The van der Waals surface area contributed by atoms with E-state index in [4.69, 9.17) is 0 Å². The molecule has 2 aromatic carbocycles. The van der Waals surface area contributed by atoms with Crippen LogP contribution in [0.5, 0.6) is 0 Å². The summed E-state index contributed by atoms with van der Waals surface area (Å²) in [7, 11) is 1.62. The summed E-state index contributed by atoms with van der Waals surface area (Å²) in [5, 5.41) is 8.34. The fourth-order valence-corrected chi connectivity index (χ4v) is 2.22. The highest BCUT2D eigenvalue weighted by Crippen LogP contribution is 2.19. The lowest BCUT2D eigenvalue weighted by atomic mass is 10.1. The van der Waals surface area contributed by atoms with Gasteiger partial charge in [-0.25, -0.2) is 9.80 Å². The van der Waals surface area contributed by atoms with Gasteiger partial charge >= 0.3 is 6.03 Å². The quantitative estimate of drug-likeness (QED) is 0.633. The number of para-hydroxylation sites is 1. The molecule has 0 aromatic heterocycles. The van der Waals surface area contributed by atoms with Crippen LogP contribution in [0.3, 0.4) is 0 Å². The van der Waals surface area contributed by atoms with Crippen LogP contribution in [0, 0.1) is 13.8 Å². The molecule has 4 nitrogen and oxygen atoms in total. The molecule has 0 bridgehead atoms. The van der Waals surface area contributed by atoms with Crippen LogP contribution in [0.2, 0.25) is 0 Å². The number of halogens is 1. The number of nitrogens with one attached hydrogen (secondary N) is 1. The average Bonchev–Trinajstić information content (AvgIpc) is 2.50. The molecule has 0 atom stereocenters. The van der Waals surface area contributed by atoms with Gasteiger partial charge in [-0.1, -0.05) is 46.3 Å². The van der Waals surface area contributed by atoms with Crippen molar-refractivity contribution < 1.29 is 4.79 Å². The summed E-state index contributed by atoms with van der Waals surface area (Å²) in [5.74, 6) is 0. The molecule has 0 aliphatic carbocycles. The van der Waals surface area contributed by atoms with Crippen LogP contribution < -0.4 is 5.32 Å². The minimum absolute atomic E-state index is 0.272. The van der Waals surface area contributed by atoms with Gasteiger partial charge in [-0.15, -0.1) is 0 Å². The molecule has 0 radical (unpaired) electrons. The summed E-state index contributed by atoms with van der Waals surface area (Å²) in [6.45, 7) is 3.93. The Morgan fingerprint density at radius 2 is 1.73 bits per heavy atom. The van der Waals surface area contributed by atoms with Crippen molar-refractivity contribution in [1.29, 1.82) is 0 Å². The second-order valence-corrected chi connectivity index (χ2v) is 5.93. The van der Waals surface area contributed by atoms with Crippen molar-refractivity contribution in [3.63, 3.8) is 0 Å². The fourth-order valence-electron chi connectivity index (χ4n) is 1.95. The fraction of sp³-hybridized carbons (Fsp3) is 0.176. The van der Waals surface area contributed by atoms with Gasteiger partial charge in [0, 0.05) is 17.2 Å². The van der Waals surface area contributed by atoms with Gasteiger partial charge in [0.25, 0.3) is 0 Å². The summed E-state index contributed by atoms with van der Waals surface area (Å²) in [6, 6.07) is 13.3. The lowest BCUT2D eigenvalue weighted by Crippen LogP contribution is -2.27. The normalized spacial score (nSPS) is 10.7. The number of hydrogen-bond donors (Lipinski definition) is 1. The van der Waals surface area contributed by atoms with Gasteiger partial charge < -0.3 is 5.32 Å². The van der Waals surface area contributed by atoms with Gasteiger partial charge in [0.1, 0.15) is 0 Å². The molecule has 0 unspecified atom stereocenters. The maximum absolute atomic E-state index is 12.2. The first kappa shape index (κ1) is 16.2. The highest BCUT2D eigenvalue weighted by Gasteiger charge is 2.10. The largest absolute Gasteiger partial charge is 0.341 e. The van der Waals surface area contributed by atoms with Crippen molar-refractivity contribution in [2.45, 2.75) is 13.8 Å². The van der Waals surface area contributed by atoms with E-state index in [1.54, 1.807) is 13.3 Å². The first-order valence-electron chi connectivity index (χ1n) is 6.88. The summed E-state index contributed by atoms with van der Waals surface area (Å²) in [4.78, 5) is 12.2. The molecule has 0 saturated heterocycles. The number of rotatable bonds is 3. The molecule has 22 heavy (non-hydrogen) atoms. The Bertz CT molecular complexity index is 675. The Labute approximate surface area is 139 Å². The van der Waals surface area contributed by atoms with E-state index in [-0.39, 0.29) is 6.03 Å². The van der Waals surface area contributed by atoms with Gasteiger partial charge in [-0.05, 0) is 42.7 Å². The smallest absolute Gasteiger partial charge is 0.306 e. The van der Waals surface area contributed by atoms with E-state index in [2.05, 4.69) is 26.3 Å². The number of anilines is 1. The molecule has 2 amide bonds. The monoisotopic (exact) mass is 359 g/mol. The minimum atomic E-state index is -0.272. The van der Waals surface area contributed by atoms with Gasteiger partial charge in [0.05, 0.1) is 6.21 Å². The first-order valence-corrected chi connectivity index (χ1v) is 7.67. The van der Waals surface area contributed by atoms with Crippen LogP contribution in [0.1, 0.15) is 16.7 Å². The van der Waals surface area contributed by atoms with Gasteiger partial charge in [-0.3, -0.25) is 0 Å². The number of urea groups is 1. The lowest BCUT2D eigenvalue weighted by Gasteiger charge is -2.15.